The van der Waals surface area contributed by atoms with Gasteiger partial charge in [0.15, 0.2) is 0 Å². The summed E-state index contributed by atoms with van der Waals surface area (Å²) in [6, 6.07) is 6.59. The third-order valence-electron chi connectivity index (χ3n) is 1.89. The van der Waals surface area contributed by atoms with Crippen LogP contribution in [0.3, 0.4) is 0 Å². The third kappa shape index (κ3) is 3.90. The smallest absolute Gasteiger partial charge is 0.307 e. The first kappa shape index (κ1) is 12.5. The fourth-order valence-electron chi connectivity index (χ4n) is 1.29. The largest absolute Gasteiger partial charge is 0.481 e. The van der Waals surface area contributed by atoms with Gasteiger partial charge in [-0.1, -0.05) is 23.7 Å². The van der Waals surface area contributed by atoms with Crippen LogP contribution in [0.2, 0.25) is 5.02 Å². The van der Waals surface area contributed by atoms with E-state index in [1.54, 1.807) is 24.3 Å². The van der Waals surface area contributed by atoms with Crippen LogP contribution in [0.25, 0.3) is 0 Å². The minimum atomic E-state index is -1.04. The summed E-state index contributed by atoms with van der Waals surface area (Å²) in [6.07, 6.45) is -1.08. The Kier molecular flexibility index (Phi) is 4.31. The molecule has 0 amide bonds. The highest BCUT2D eigenvalue weighted by Crippen LogP contribution is 2.24. The first-order valence-corrected chi connectivity index (χ1v) is 5.01. The summed E-state index contributed by atoms with van der Waals surface area (Å²) < 4.78 is 4.92. The summed E-state index contributed by atoms with van der Waals surface area (Å²) >= 11 is 5.77. The Labute approximate surface area is 97.8 Å². The number of hydrogen-bond acceptors (Lipinski definition) is 3. The molecule has 1 unspecified atom stereocenters. The number of ether oxygens (including phenoxy) is 1. The molecule has 0 saturated heterocycles. The van der Waals surface area contributed by atoms with E-state index in [4.69, 9.17) is 21.4 Å². The van der Waals surface area contributed by atoms with E-state index in [-0.39, 0.29) is 6.42 Å². The molecule has 5 heteroatoms. The van der Waals surface area contributed by atoms with Crippen LogP contribution < -0.4 is 0 Å². The topological polar surface area (TPSA) is 63.6 Å². The normalized spacial score (nSPS) is 11.9. The van der Waals surface area contributed by atoms with Gasteiger partial charge in [0, 0.05) is 11.9 Å². The number of carbonyl (C=O) groups excluding carboxylic acids is 1. The molecule has 86 valence electrons. The van der Waals surface area contributed by atoms with Gasteiger partial charge in [0.2, 0.25) is 0 Å². The first-order chi connectivity index (χ1) is 7.49. The number of carbonyl (C=O) groups is 2. The van der Waals surface area contributed by atoms with Crippen molar-refractivity contribution in [3.05, 3.63) is 34.9 Å². The van der Waals surface area contributed by atoms with Crippen molar-refractivity contribution in [1.82, 2.24) is 0 Å². The van der Waals surface area contributed by atoms with Crippen LogP contribution in [0.15, 0.2) is 24.3 Å². The van der Waals surface area contributed by atoms with Crippen molar-refractivity contribution < 1.29 is 19.4 Å². The standard InChI is InChI=1S/C11H11ClO4/c1-7(13)16-10(6-11(14)15)8-3-2-4-9(12)5-8/h2-5,10H,6H2,1H3,(H,14,15). The number of carboxylic acid groups (broad SMARTS) is 1. The van der Waals surface area contributed by atoms with Crippen LogP contribution in [0.4, 0.5) is 0 Å². The van der Waals surface area contributed by atoms with E-state index >= 15 is 0 Å². The zero-order chi connectivity index (χ0) is 12.1. The van der Waals surface area contributed by atoms with Crippen molar-refractivity contribution in [1.29, 1.82) is 0 Å². The molecule has 0 aliphatic heterocycles. The van der Waals surface area contributed by atoms with Crippen molar-refractivity contribution in [2.75, 3.05) is 0 Å². The van der Waals surface area contributed by atoms with Gasteiger partial charge in [-0.25, -0.2) is 0 Å². The Balaban J connectivity index is 2.90. The van der Waals surface area contributed by atoms with Crippen molar-refractivity contribution in [3.8, 4) is 0 Å². The van der Waals surface area contributed by atoms with E-state index in [2.05, 4.69) is 0 Å². The Morgan fingerprint density at radius 3 is 2.69 bits per heavy atom. The molecule has 0 aromatic heterocycles. The van der Waals surface area contributed by atoms with Crippen LogP contribution in [-0.2, 0) is 14.3 Å². The van der Waals surface area contributed by atoms with Crippen LogP contribution in [0.1, 0.15) is 25.0 Å². The zero-order valence-corrected chi connectivity index (χ0v) is 9.40. The number of carboxylic acids is 1. The molecule has 0 saturated carbocycles. The lowest BCUT2D eigenvalue weighted by atomic mass is 10.1. The second-order valence-electron chi connectivity index (χ2n) is 3.25. The van der Waals surface area contributed by atoms with E-state index in [1.807, 2.05) is 0 Å². The molecule has 0 fully saturated rings. The Morgan fingerprint density at radius 1 is 1.50 bits per heavy atom. The number of aliphatic carboxylic acids is 1. The molecular weight excluding hydrogens is 232 g/mol. The molecule has 0 spiro atoms. The van der Waals surface area contributed by atoms with Crippen LogP contribution in [0, 0.1) is 0 Å². The fraction of sp³-hybridized carbons (Fsp3) is 0.273. The average molecular weight is 243 g/mol. The van der Waals surface area contributed by atoms with Gasteiger partial charge in [-0.3, -0.25) is 9.59 Å². The van der Waals surface area contributed by atoms with Gasteiger partial charge in [0.1, 0.15) is 6.10 Å². The second-order valence-corrected chi connectivity index (χ2v) is 3.69. The molecule has 1 aromatic carbocycles. The molecule has 0 heterocycles. The lowest BCUT2D eigenvalue weighted by molar-refractivity contribution is -0.151. The predicted octanol–water partition coefficient (Wildman–Crippen LogP) is 2.42. The van der Waals surface area contributed by atoms with Crippen molar-refractivity contribution in [3.63, 3.8) is 0 Å². The van der Waals surface area contributed by atoms with Gasteiger partial charge in [-0.15, -0.1) is 0 Å². The highest BCUT2D eigenvalue weighted by molar-refractivity contribution is 6.30. The lowest BCUT2D eigenvalue weighted by Gasteiger charge is -2.15. The van der Waals surface area contributed by atoms with E-state index in [1.165, 1.54) is 6.92 Å². The number of rotatable bonds is 4. The summed E-state index contributed by atoms with van der Waals surface area (Å²) in [4.78, 5) is 21.5. The predicted molar refractivity (Wildman–Crippen MR) is 58.2 cm³/mol. The molecule has 1 atom stereocenters. The molecule has 0 aliphatic carbocycles. The van der Waals surface area contributed by atoms with E-state index < -0.39 is 18.0 Å². The van der Waals surface area contributed by atoms with Gasteiger partial charge in [-0.2, -0.15) is 0 Å². The third-order valence-corrected chi connectivity index (χ3v) is 2.12. The first-order valence-electron chi connectivity index (χ1n) is 4.63. The lowest BCUT2D eigenvalue weighted by Crippen LogP contribution is -2.12. The molecular formula is C11H11ClO4. The summed E-state index contributed by atoms with van der Waals surface area (Å²) in [5.74, 6) is -1.56. The SMILES string of the molecule is CC(=O)OC(CC(=O)O)c1cccc(Cl)c1. The number of benzene rings is 1. The van der Waals surface area contributed by atoms with Crippen molar-refractivity contribution in [2.24, 2.45) is 0 Å². The van der Waals surface area contributed by atoms with Crippen molar-refractivity contribution in [2.45, 2.75) is 19.4 Å². The highest BCUT2D eigenvalue weighted by atomic mass is 35.5. The molecule has 1 rings (SSSR count). The van der Waals surface area contributed by atoms with Gasteiger partial charge < -0.3 is 9.84 Å². The van der Waals surface area contributed by atoms with Gasteiger partial charge in [0.25, 0.3) is 0 Å². The van der Waals surface area contributed by atoms with E-state index in [0.29, 0.717) is 10.6 Å². The van der Waals surface area contributed by atoms with E-state index in [9.17, 15) is 9.59 Å². The Bertz CT molecular complexity index is 387. The maximum Gasteiger partial charge on any atom is 0.307 e. The maximum absolute atomic E-state index is 10.8. The average Bonchev–Trinajstić information content (AvgIpc) is 2.15. The summed E-state index contributed by atoms with van der Waals surface area (Å²) in [7, 11) is 0. The number of halogens is 1. The van der Waals surface area contributed by atoms with Gasteiger partial charge >= 0.3 is 11.9 Å². The Hall–Kier alpha value is -1.55. The summed E-state index contributed by atoms with van der Waals surface area (Å²) in [5.41, 5.74) is 0.574. The number of esters is 1. The molecule has 16 heavy (non-hydrogen) atoms. The molecule has 0 radical (unpaired) electrons. The van der Waals surface area contributed by atoms with Gasteiger partial charge in [-0.05, 0) is 17.7 Å². The molecule has 1 N–H and O–H groups in total. The fourth-order valence-corrected chi connectivity index (χ4v) is 1.49. The minimum Gasteiger partial charge on any atom is -0.481 e. The van der Waals surface area contributed by atoms with Crippen molar-refractivity contribution >= 4 is 23.5 Å². The number of hydrogen-bond donors (Lipinski definition) is 1. The summed E-state index contributed by atoms with van der Waals surface area (Å²) in [5, 5.41) is 9.18. The molecule has 0 aliphatic rings. The Morgan fingerprint density at radius 2 is 2.19 bits per heavy atom. The van der Waals surface area contributed by atoms with Crippen LogP contribution in [-0.4, -0.2) is 17.0 Å². The highest BCUT2D eigenvalue weighted by Gasteiger charge is 2.18. The summed E-state index contributed by atoms with van der Waals surface area (Å²) in [6.45, 7) is 1.24. The molecule has 4 nitrogen and oxygen atoms in total. The minimum absolute atomic E-state index is 0.278. The molecule has 0 bridgehead atoms. The van der Waals surface area contributed by atoms with Crippen LogP contribution >= 0.6 is 11.6 Å². The van der Waals surface area contributed by atoms with Crippen LogP contribution in [0.5, 0.6) is 0 Å². The molecule has 1 aromatic rings. The quantitative estimate of drug-likeness (QED) is 0.824. The van der Waals surface area contributed by atoms with Gasteiger partial charge in [0.05, 0.1) is 6.42 Å². The van der Waals surface area contributed by atoms with E-state index in [0.717, 1.165) is 0 Å². The second kappa shape index (κ2) is 5.51. The maximum atomic E-state index is 10.8. The zero-order valence-electron chi connectivity index (χ0n) is 8.64. The monoisotopic (exact) mass is 242 g/mol.